The van der Waals surface area contributed by atoms with Crippen LogP contribution in [0.25, 0.3) is 0 Å². The minimum absolute atomic E-state index is 0.0140. The molecular weight excluding hydrogens is 353 g/mol. The molecule has 1 aromatic rings. The number of carbonyl (C=O) groups is 2. The molecule has 0 saturated carbocycles. The van der Waals surface area contributed by atoms with E-state index < -0.39 is 0 Å². The standard InChI is InChI=1S/C15H18INO2/c1-3-11-9-17(8-7-13(11)18)15(19)12-6-4-5-10(2)14(12)16/h4-6,11H,3,7-9H2,1-2H3. The topological polar surface area (TPSA) is 37.4 Å². The van der Waals surface area contributed by atoms with Gasteiger partial charge in [0.25, 0.3) is 5.91 Å². The Morgan fingerprint density at radius 1 is 1.47 bits per heavy atom. The number of amides is 1. The molecule has 1 fully saturated rings. The first-order valence-electron chi connectivity index (χ1n) is 6.61. The number of Topliss-reactive ketones (excluding diaryl/α,β-unsaturated/α-hetero) is 1. The number of aryl methyl sites for hydroxylation is 1. The Hall–Kier alpha value is -0.910. The van der Waals surface area contributed by atoms with Crippen LogP contribution in [0, 0.1) is 16.4 Å². The van der Waals surface area contributed by atoms with Crippen molar-refractivity contribution in [2.75, 3.05) is 13.1 Å². The average molecular weight is 371 g/mol. The number of hydrogen-bond donors (Lipinski definition) is 0. The van der Waals surface area contributed by atoms with Crippen molar-refractivity contribution in [3.05, 3.63) is 32.9 Å². The summed E-state index contributed by atoms with van der Waals surface area (Å²) in [7, 11) is 0. The Balaban J connectivity index is 2.20. The summed E-state index contributed by atoms with van der Waals surface area (Å²) in [6, 6.07) is 5.79. The molecule has 1 saturated heterocycles. The molecule has 19 heavy (non-hydrogen) atoms. The zero-order chi connectivity index (χ0) is 14.0. The summed E-state index contributed by atoms with van der Waals surface area (Å²) >= 11 is 2.22. The van der Waals surface area contributed by atoms with Gasteiger partial charge in [-0.15, -0.1) is 0 Å². The Bertz CT molecular complexity index is 513. The molecule has 1 atom stereocenters. The van der Waals surface area contributed by atoms with Crippen molar-refractivity contribution in [1.29, 1.82) is 0 Å². The van der Waals surface area contributed by atoms with Crippen LogP contribution in [-0.2, 0) is 4.79 Å². The van der Waals surface area contributed by atoms with E-state index >= 15 is 0 Å². The van der Waals surface area contributed by atoms with E-state index in [1.807, 2.05) is 36.9 Å². The first-order valence-corrected chi connectivity index (χ1v) is 7.69. The Morgan fingerprint density at radius 2 is 2.21 bits per heavy atom. The average Bonchev–Trinajstić information content (AvgIpc) is 2.41. The number of benzene rings is 1. The predicted octanol–water partition coefficient (Wildman–Crippen LogP) is 3.04. The lowest BCUT2D eigenvalue weighted by molar-refractivity contribution is -0.125. The van der Waals surface area contributed by atoms with Gasteiger partial charge in [0.15, 0.2) is 0 Å². The number of likely N-dealkylation sites (tertiary alicyclic amines) is 1. The lowest BCUT2D eigenvalue weighted by Crippen LogP contribution is -2.44. The molecule has 1 aromatic carbocycles. The fraction of sp³-hybridized carbons (Fsp3) is 0.467. The maximum atomic E-state index is 12.6. The molecule has 1 aliphatic heterocycles. The van der Waals surface area contributed by atoms with Crippen molar-refractivity contribution in [3.8, 4) is 0 Å². The number of nitrogens with zero attached hydrogens (tertiary/aromatic N) is 1. The van der Waals surface area contributed by atoms with Crippen LogP contribution in [0.3, 0.4) is 0 Å². The van der Waals surface area contributed by atoms with Crippen LogP contribution in [0.15, 0.2) is 18.2 Å². The van der Waals surface area contributed by atoms with Crippen molar-refractivity contribution in [3.63, 3.8) is 0 Å². The minimum atomic E-state index is 0.0140. The van der Waals surface area contributed by atoms with Crippen LogP contribution in [0.5, 0.6) is 0 Å². The molecule has 2 rings (SSSR count). The van der Waals surface area contributed by atoms with Crippen LogP contribution in [0.4, 0.5) is 0 Å². The minimum Gasteiger partial charge on any atom is -0.337 e. The van der Waals surface area contributed by atoms with Crippen molar-refractivity contribution in [2.24, 2.45) is 5.92 Å². The summed E-state index contributed by atoms with van der Waals surface area (Å²) in [5.41, 5.74) is 1.87. The fourth-order valence-corrected chi connectivity index (χ4v) is 3.02. The van der Waals surface area contributed by atoms with Crippen LogP contribution in [0.1, 0.15) is 35.7 Å². The number of hydrogen-bond acceptors (Lipinski definition) is 2. The van der Waals surface area contributed by atoms with Gasteiger partial charge in [0.1, 0.15) is 5.78 Å². The van der Waals surface area contributed by atoms with Crippen molar-refractivity contribution in [2.45, 2.75) is 26.7 Å². The highest BCUT2D eigenvalue weighted by atomic mass is 127. The van der Waals surface area contributed by atoms with E-state index in [2.05, 4.69) is 22.6 Å². The molecule has 1 amide bonds. The highest BCUT2D eigenvalue weighted by molar-refractivity contribution is 14.1. The van der Waals surface area contributed by atoms with E-state index in [1.54, 1.807) is 0 Å². The van der Waals surface area contributed by atoms with E-state index in [0.717, 1.165) is 21.1 Å². The fourth-order valence-electron chi connectivity index (χ4n) is 2.43. The second kappa shape index (κ2) is 6.03. The van der Waals surface area contributed by atoms with Gasteiger partial charge in [-0.05, 0) is 47.6 Å². The van der Waals surface area contributed by atoms with E-state index in [-0.39, 0.29) is 11.8 Å². The van der Waals surface area contributed by atoms with Crippen molar-refractivity contribution in [1.82, 2.24) is 4.90 Å². The second-order valence-corrected chi connectivity index (χ2v) is 6.09. The van der Waals surface area contributed by atoms with Crippen LogP contribution in [-0.4, -0.2) is 29.7 Å². The van der Waals surface area contributed by atoms with E-state index in [0.29, 0.717) is 25.3 Å². The molecule has 0 spiro atoms. The molecule has 1 heterocycles. The van der Waals surface area contributed by atoms with E-state index in [4.69, 9.17) is 0 Å². The van der Waals surface area contributed by atoms with E-state index in [9.17, 15) is 9.59 Å². The van der Waals surface area contributed by atoms with Gasteiger partial charge in [0.2, 0.25) is 0 Å². The van der Waals surface area contributed by atoms with Crippen molar-refractivity contribution < 1.29 is 9.59 Å². The van der Waals surface area contributed by atoms with Gasteiger partial charge in [-0.1, -0.05) is 19.1 Å². The molecule has 1 aliphatic rings. The summed E-state index contributed by atoms with van der Waals surface area (Å²) < 4.78 is 1.01. The zero-order valence-electron chi connectivity index (χ0n) is 11.3. The zero-order valence-corrected chi connectivity index (χ0v) is 13.4. The van der Waals surface area contributed by atoms with E-state index in [1.165, 1.54) is 0 Å². The van der Waals surface area contributed by atoms with Gasteiger partial charge in [0, 0.05) is 29.0 Å². The maximum absolute atomic E-state index is 12.6. The molecule has 0 aliphatic carbocycles. The summed E-state index contributed by atoms with van der Waals surface area (Å²) in [6.07, 6.45) is 1.31. The molecule has 0 bridgehead atoms. The first-order chi connectivity index (χ1) is 9.04. The monoisotopic (exact) mass is 371 g/mol. The van der Waals surface area contributed by atoms with Crippen LogP contribution in [0.2, 0.25) is 0 Å². The Morgan fingerprint density at radius 3 is 2.89 bits per heavy atom. The molecule has 4 heteroatoms. The number of ketones is 1. The van der Waals surface area contributed by atoms with Crippen LogP contribution < -0.4 is 0 Å². The number of rotatable bonds is 2. The predicted molar refractivity (Wildman–Crippen MR) is 83.2 cm³/mol. The Kier molecular flexibility index (Phi) is 4.60. The maximum Gasteiger partial charge on any atom is 0.254 e. The smallest absolute Gasteiger partial charge is 0.254 e. The number of piperidine rings is 1. The highest BCUT2D eigenvalue weighted by Gasteiger charge is 2.29. The summed E-state index contributed by atoms with van der Waals surface area (Å²) in [6.45, 7) is 5.14. The van der Waals surface area contributed by atoms with Gasteiger partial charge in [-0.2, -0.15) is 0 Å². The van der Waals surface area contributed by atoms with Crippen LogP contribution >= 0.6 is 22.6 Å². The number of carbonyl (C=O) groups excluding carboxylic acids is 2. The number of halogens is 1. The quantitative estimate of drug-likeness (QED) is 0.750. The molecular formula is C15H18INO2. The molecule has 0 N–H and O–H groups in total. The third kappa shape index (κ3) is 2.99. The van der Waals surface area contributed by atoms with Gasteiger partial charge in [-0.25, -0.2) is 0 Å². The SMILES string of the molecule is CCC1CN(C(=O)c2cccc(C)c2I)CCC1=O. The van der Waals surface area contributed by atoms with Gasteiger partial charge >= 0.3 is 0 Å². The van der Waals surface area contributed by atoms with Gasteiger partial charge in [0.05, 0.1) is 5.56 Å². The Labute approximate surface area is 127 Å². The molecule has 102 valence electrons. The van der Waals surface area contributed by atoms with Gasteiger partial charge < -0.3 is 4.90 Å². The third-order valence-corrected chi connectivity index (χ3v) is 5.16. The first kappa shape index (κ1) is 14.5. The second-order valence-electron chi connectivity index (χ2n) is 5.01. The van der Waals surface area contributed by atoms with Gasteiger partial charge in [-0.3, -0.25) is 9.59 Å². The molecule has 0 radical (unpaired) electrons. The molecule has 1 unspecified atom stereocenters. The summed E-state index contributed by atoms with van der Waals surface area (Å²) in [5.74, 6) is 0.365. The highest BCUT2D eigenvalue weighted by Crippen LogP contribution is 2.22. The largest absolute Gasteiger partial charge is 0.337 e. The lowest BCUT2D eigenvalue weighted by Gasteiger charge is -2.31. The normalized spacial score (nSPS) is 19.6. The van der Waals surface area contributed by atoms with Crippen molar-refractivity contribution >= 4 is 34.3 Å². The molecule has 3 nitrogen and oxygen atoms in total. The summed E-state index contributed by atoms with van der Waals surface area (Å²) in [4.78, 5) is 26.1. The third-order valence-electron chi connectivity index (χ3n) is 3.73. The summed E-state index contributed by atoms with van der Waals surface area (Å²) in [5, 5.41) is 0. The lowest BCUT2D eigenvalue weighted by atomic mass is 9.93. The molecule has 0 aromatic heterocycles.